The molecule has 0 bridgehead atoms. The van der Waals surface area contributed by atoms with Crippen molar-refractivity contribution < 1.29 is 9.53 Å². The van der Waals surface area contributed by atoms with Crippen molar-refractivity contribution in [3.63, 3.8) is 0 Å². The van der Waals surface area contributed by atoms with Crippen LogP contribution >= 0.6 is 22.6 Å². The monoisotopic (exact) mass is 382 g/mol. The number of anilines is 2. The summed E-state index contributed by atoms with van der Waals surface area (Å²) in [4.78, 5) is 12.0. The molecule has 0 spiro atoms. The van der Waals surface area contributed by atoms with E-state index in [9.17, 15) is 4.79 Å². The Bertz CT molecular complexity index is 602. The van der Waals surface area contributed by atoms with Gasteiger partial charge in [-0.2, -0.15) is 0 Å². The molecule has 0 heterocycles. The molecule has 0 saturated heterocycles. The summed E-state index contributed by atoms with van der Waals surface area (Å²) in [7, 11) is 0. The number of rotatable bonds is 4. The maximum absolute atomic E-state index is 12.0. The van der Waals surface area contributed by atoms with E-state index in [1.54, 1.807) is 6.07 Å². The van der Waals surface area contributed by atoms with Crippen molar-refractivity contribution in [3.8, 4) is 5.75 Å². The minimum absolute atomic E-state index is 0.290. The summed E-state index contributed by atoms with van der Waals surface area (Å²) in [5.74, 6) is 0.660. The largest absolute Gasteiger partial charge is 0.492 e. The van der Waals surface area contributed by atoms with Crippen LogP contribution in [-0.4, -0.2) is 12.6 Å². The summed E-state index contributed by atoms with van der Waals surface area (Å²) in [6, 6.07) is 14.7. The summed E-state index contributed by atoms with van der Waals surface area (Å²) in [5.41, 5.74) is 1.43. The zero-order valence-corrected chi connectivity index (χ0v) is 13.2. The standard InChI is InChI=1S/C15H15IN2O2/c1-2-20-14-10-6-5-9-13(14)18-15(19)17-12-8-4-3-7-11(12)16/h3-10H,2H2,1H3,(H2,17,18,19). The average molecular weight is 382 g/mol. The van der Waals surface area contributed by atoms with Gasteiger partial charge in [-0.05, 0) is 53.8 Å². The van der Waals surface area contributed by atoms with E-state index in [2.05, 4.69) is 33.2 Å². The molecule has 2 rings (SSSR count). The van der Waals surface area contributed by atoms with Gasteiger partial charge in [-0.1, -0.05) is 24.3 Å². The van der Waals surface area contributed by atoms with Gasteiger partial charge < -0.3 is 15.4 Å². The molecule has 0 aromatic heterocycles. The first-order valence-corrected chi connectivity index (χ1v) is 7.33. The third-order valence-electron chi connectivity index (χ3n) is 2.56. The van der Waals surface area contributed by atoms with Gasteiger partial charge >= 0.3 is 6.03 Å². The molecular formula is C15H15IN2O2. The van der Waals surface area contributed by atoms with E-state index < -0.39 is 0 Å². The van der Waals surface area contributed by atoms with E-state index in [0.29, 0.717) is 18.0 Å². The number of benzene rings is 2. The van der Waals surface area contributed by atoms with Crippen LogP contribution in [0.4, 0.5) is 16.2 Å². The highest BCUT2D eigenvalue weighted by Crippen LogP contribution is 2.24. The first-order valence-electron chi connectivity index (χ1n) is 6.25. The molecule has 0 fully saturated rings. The van der Waals surface area contributed by atoms with Gasteiger partial charge in [0.2, 0.25) is 0 Å². The predicted molar refractivity (Wildman–Crippen MR) is 89.4 cm³/mol. The van der Waals surface area contributed by atoms with E-state index in [0.717, 1.165) is 9.26 Å². The molecule has 0 atom stereocenters. The third kappa shape index (κ3) is 3.86. The Balaban J connectivity index is 2.07. The Morgan fingerprint density at radius 3 is 2.35 bits per heavy atom. The van der Waals surface area contributed by atoms with E-state index in [-0.39, 0.29) is 6.03 Å². The van der Waals surface area contributed by atoms with Crippen molar-refractivity contribution in [1.82, 2.24) is 0 Å². The second-order valence-electron chi connectivity index (χ2n) is 3.99. The lowest BCUT2D eigenvalue weighted by Crippen LogP contribution is -2.20. The van der Waals surface area contributed by atoms with E-state index in [1.165, 1.54) is 0 Å². The summed E-state index contributed by atoms with van der Waals surface area (Å²) in [6.07, 6.45) is 0. The minimum atomic E-state index is -0.290. The van der Waals surface area contributed by atoms with Crippen molar-refractivity contribution >= 4 is 40.0 Å². The van der Waals surface area contributed by atoms with Crippen molar-refractivity contribution in [2.45, 2.75) is 6.92 Å². The van der Waals surface area contributed by atoms with Crippen LogP contribution in [0.2, 0.25) is 0 Å². The van der Waals surface area contributed by atoms with Crippen LogP contribution in [0.1, 0.15) is 6.92 Å². The Morgan fingerprint density at radius 1 is 1.05 bits per heavy atom. The lowest BCUT2D eigenvalue weighted by molar-refractivity contribution is 0.262. The molecule has 0 unspecified atom stereocenters. The van der Waals surface area contributed by atoms with E-state index >= 15 is 0 Å². The highest BCUT2D eigenvalue weighted by atomic mass is 127. The van der Waals surface area contributed by atoms with Crippen molar-refractivity contribution in [2.75, 3.05) is 17.2 Å². The number of halogens is 1. The molecule has 104 valence electrons. The van der Waals surface area contributed by atoms with Crippen molar-refractivity contribution in [1.29, 1.82) is 0 Å². The Labute approximate surface area is 131 Å². The number of carbonyl (C=O) groups excluding carboxylic acids is 1. The summed E-state index contributed by atoms with van der Waals surface area (Å²) < 4.78 is 6.45. The highest BCUT2D eigenvalue weighted by Gasteiger charge is 2.08. The molecule has 5 heteroatoms. The Kier molecular flexibility index (Phi) is 5.23. The molecule has 2 aromatic rings. The number of para-hydroxylation sites is 3. The fraction of sp³-hybridized carbons (Fsp3) is 0.133. The lowest BCUT2D eigenvalue weighted by atomic mass is 10.3. The molecule has 2 N–H and O–H groups in total. The van der Waals surface area contributed by atoms with Crippen LogP contribution in [0.25, 0.3) is 0 Å². The topological polar surface area (TPSA) is 50.4 Å². The van der Waals surface area contributed by atoms with Gasteiger partial charge in [0.15, 0.2) is 0 Å². The summed E-state index contributed by atoms with van der Waals surface area (Å²) in [5, 5.41) is 5.61. The SMILES string of the molecule is CCOc1ccccc1NC(=O)Nc1ccccc1I. The van der Waals surface area contributed by atoms with Crippen LogP contribution in [0.3, 0.4) is 0 Å². The van der Waals surface area contributed by atoms with Gasteiger partial charge in [-0.15, -0.1) is 0 Å². The van der Waals surface area contributed by atoms with Crippen molar-refractivity contribution in [3.05, 3.63) is 52.1 Å². The van der Waals surface area contributed by atoms with Gasteiger partial charge in [0.1, 0.15) is 5.75 Å². The van der Waals surface area contributed by atoms with E-state index in [1.807, 2.05) is 49.4 Å². The first-order chi connectivity index (χ1) is 9.70. The number of carbonyl (C=O) groups is 1. The second kappa shape index (κ2) is 7.14. The molecule has 0 aliphatic carbocycles. The molecule has 2 amide bonds. The van der Waals surface area contributed by atoms with Crippen molar-refractivity contribution in [2.24, 2.45) is 0 Å². The average Bonchev–Trinajstić information content (AvgIpc) is 2.44. The zero-order valence-electron chi connectivity index (χ0n) is 11.0. The Hall–Kier alpha value is -1.76. The van der Waals surface area contributed by atoms with Crippen LogP contribution < -0.4 is 15.4 Å². The number of urea groups is 1. The quantitative estimate of drug-likeness (QED) is 0.774. The number of nitrogens with one attached hydrogen (secondary N) is 2. The third-order valence-corrected chi connectivity index (χ3v) is 3.50. The zero-order chi connectivity index (χ0) is 14.4. The normalized spacial score (nSPS) is 9.90. The predicted octanol–water partition coefficient (Wildman–Crippen LogP) is 4.33. The number of hydrogen-bond donors (Lipinski definition) is 2. The van der Waals surface area contributed by atoms with Crippen LogP contribution in [0.5, 0.6) is 5.75 Å². The summed E-state index contributed by atoms with van der Waals surface area (Å²) in [6.45, 7) is 2.46. The molecule has 0 aliphatic rings. The van der Waals surface area contributed by atoms with Gasteiger partial charge in [-0.25, -0.2) is 4.79 Å². The Morgan fingerprint density at radius 2 is 1.65 bits per heavy atom. The van der Waals surface area contributed by atoms with Gasteiger partial charge in [-0.3, -0.25) is 0 Å². The molecule has 0 saturated carbocycles. The number of amides is 2. The highest BCUT2D eigenvalue weighted by molar-refractivity contribution is 14.1. The fourth-order valence-corrected chi connectivity index (χ4v) is 2.21. The number of ether oxygens (including phenoxy) is 1. The molecule has 2 aromatic carbocycles. The maximum Gasteiger partial charge on any atom is 0.323 e. The fourth-order valence-electron chi connectivity index (χ4n) is 1.69. The molecule has 4 nitrogen and oxygen atoms in total. The van der Waals surface area contributed by atoms with Crippen LogP contribution in [0, 0.1) is 3.57 Å². The molecule has 0 aliphatic heterocycles. The molecule has 0 radical (unpaired) electrons. The van der Waals surface area contributed by atoms with Gasteiger partial charge in [0.05, 0.1) is 18.0 Å². The smallest absolute Gasteiger partial charge is 0.323 e. The summed E-state index contributed by atoms with van der Waals surface area (Å²) >= 11 is 2.18. The molecular weight excluding hydrogens is 367 g/mol. The second-order valence-corrected chi connectivity index (χ2v) is 5.15. The minimum Gasteiger partial charge on any atom is -0.492 e. The van der Waals surface area contributed by atoms with E-state index in [4.69, 9.17) is 4.74 Å². The van der Waals surface area contributed by atoms with Crippen LogP contribution in [-0.2, 0) is 0 Å². The number of hydrogen-bond acceptors (Lipinski definition) is 2. The van der Waals surface area contributed by atoms with Gasteiger partial charge in [0.25, 0.3) is 0 Å². The molecule has 20 heavy (non-hydrogen) atoms. The lowest BCUT2D eigenvalue weighted by Gasteiger charge is -2.12. The maximum atomic E-state index is 12.0. The van der Waals surface area contributed by atoms with Crippen LogP contribution in [0.15, 0.2) is 48.5 Å². The first kappa shape index (κ1) is 14.6. The van der Waals surface area contributed by atoms with Gasteiger partial charge in [0, 0.05) is 3.57 Å².